The zero-order valence-electron chi connectivity index (χ0n) is 74.5. The highest BCUT2D eigenvalue weighted by Gasteiger charge is 2.35. The Morgan fingerprint density at radius 1 is 0.357 bits per heavy atom. The number of rotatable bonds is 23. The van der Waals surface area contributed by atoms with E-state index in [1.807, 2.05) is 91.0 Å². The van der Waals surface area contributed by atoms with E-state index in [1.165, 1.54) is 33.9 Å². The minimum absolute atomic E-state index is 0.140. The molecule has 0 aromatic heterocycles. The number of likely N-dealkylation sites (N-methyl/N-ethyl adjacent to an activating group) is 2. The van der Waals surface area contributed by atoms with E-state index in [9.17, 15) is 28.8 Å². The van der Waals surface area contributed by atoms with Crippen LogP contribution in [0.25, 0.3) is 33.4 Å². The molecule has 0 spiro atoms. The molecule has 3 aliphatic heterocycles. The van der Waals surface area contributed by atoms with Crippen LogP contribution in [0.3, 0.4) is 0 Å². The number of ether oxygens (including phenoxy) is 12. The number of nitrogens with zero attached hydrogens (tertiary/aromatic N) is 4. The molecule has 3 heterocycles. The quantitative estimate of drug-likeness (QED) is 0.0226. The van der Waals surface area contributed by atoms with Crippen molar-refractivity contribution in [1.29, 1.82) is 0 Å². The number of esters is 3. The van der Waals surface area contributed by atoms with Crippen molar-refractivity contribution in [2.45, 2.75) is 96.4 Å². The number of hydrogen-bond donors (Lipinski definition) is 5. The van der Waals surface area contributed by atoms with Crippen molar-refractivity contribution >= 4 is 47.2 Å². The maximum Gasteiger partial charge on any atom is 0.343 e. The van der Waals surface area contributed by atoms with Crippen molar-refractivity contribution in [3.8, 4) is 102 Å². The molecule has 668 valence electrons. The first-order chi connectivity index (χ1) is 61.0. The average molecular weight is 1740 g/mol. The number of nitrogens with one attached hydrogen (secondary N) is 5. The number of carbonyl (C=O) groups excluding carboxylic acids is 6. The van der Waals surface area contributed by atoms with Crippen LogP contribution in [0, 0.1) is 0 Å². The van der Waals surface area contributed by atoms with Crippen LogP contribution in [0.4, 0.5) is 0 Å². The van der Waals surface area contributed by atoms with Crippen LogP contribution in [0.2, 0.25) is 0 Å². The zero-order chi connectivity index (χ0) is 89.7. The Labute approximate surface area is 742 Å². The molecule has 9 aromatic carbocycles. The summed E-state index contributed by atoms with van der Waals surface area (Å²) >= 11 is 5.91. The molecule has 126 heavy (non-hydrogen) atoms. The first-order valence-electron chi connectivity index (χ1n) is 42.4. The number of fused-ring (bicyclic) bond motifs is 9. The molecular weight excluding hydrogens is 1630 g/mol. The van der Waals surface area contributed by atoms with Crippen LogP contribution in [-0.4, -0.2) is 212 Å². The minimum atomic E-state index is -0.490. The van der Waals surface area contributed by atoms with Gasteiger partial charge in [0.05, 0.1) is 98.8 Å². The number of benzene rings is 9. The number of aryl methyl sites for hydroxylation is 3. The van der Waals surface area contributed by atoms with E-state index in [1.54, 1.807) is 119 Å². The maximum atomic E-state index is 13.3. The summed E-state index contributed by atoms with van der Waals surface area (Å²) in [6.07, 6.45) is 3.91. The second-order valence-electron chi connectivity index (χ2n) is 31.7. The lowest BCUT2D eigenvalue weighted by Gasteiger charge is -2.32. The second-order valence-corrected chi connectivity index (χ2v) is 32.0. The summed E-state index contributed by atoms with van der Waals surface area (Å²) in [5.41, 5.74) is 15.1. The molecule has 0 saturated carbocycles. The molecule has 9 aromatic rings. The summed E-state index contributed by atoms with van der Waals surface area (Å²) in [7, 11) is 18.6. The van der Waals surface area contributed by atoms with Crippen LogP contribution < -0.4 is 83.4 Å². The molecule has 0 bridgehead atoms. The molecule has 5 N–H and O–H groups in total. The molecule has 27 nitrogen and oxygen atoms in total. The predicted octanol–water partition coefficient (Wildman–Crippen LogP) is 13.6. The Kier molecular flexibility index (Phi) is 32.8. The van der Waals surface area contributed by atoms with Gasteiger partial charge in [-0.25, -0.2) is 14.4 Å². The summed E-state index contributed by atoms with van der Waals surface area (Å²) < 4.78 is 68.6. The lowest BCUT2D eigenvalue weighted by atomic mass is 9.93. The number of halogens is 1. The highest BCUT2D eigenvalue weighted by molar-refractivity contribution is 6.17. The Hall–Kier alpha value is -12.0. The Morgan fingerprint density at radius 3 is 0.952 bits per heavy atom. The van der Waals surface area contributed by atoms with Gasteiger partial charge in [-0.1, -0.05) is 54.6 Å². The van der Waals surface area contributed by atoms with E-state index >= 15 is 0 Å². The number of alkyl halides is 1. The molecule has 3 amide bonds. The summed E-state index contributed by atoms with van der Waals surface area (Å²) in [4.78, 5) is 85.2. The molecule has 6 aliphatic rings. The number of amides is 3. The van der Waals surface area contributed by atoms with Crippen molar-refractivity contribution in [2.75, 3.05) is 157 Å². The smallest absolute Gasteiger partial charge is 0.343 e. The number of hydrogen-bond acceptors (Lipinski definition) is 24. The highest BCUT2D eigenvalue weighted by atomic mass is 35.5. The van der Waals surface area contributed by atoms with Gasteiger partial charge in [0, 0.05) is 135 Å². The van der Waals surface area contributed by atoms with Crippen LogP contribution >= 0.6 is 11.6 Å². The third-order valence-electron chi connectivity index (χ3n) is 23.2. The van der Waals surface area contributed by atoms with Crippen molar-refractivity contribution in [2.24, 2.45) is 0 Å². The van der Waals surface area contributed by atoms with Crippen LogP contribution in [0.5, 0.6) is 69.0 Å². The highest BCUT2D eigenvalue weighted by Crippen LogP contribution is 2.55. The van der Waals surface area contributed by atoms with Gasteiger partial charge >= 0.3 is 17.9 Å². The molecule has 0 radical (unpaired) electrons. The monoisotopic (exact) mass is 1740 g/mol. The minimum Gasteiger partial charge on any atom is -0.493 e. The lowest BCUT2D eigenvalue weighted by molar-refractivity contribution is -0.120. The molecule has 3 aliphatic carbocycles. The van der Waals surface area contributed by atoms with E-state index in [0.717, 1.165) is 162 Å². The predicted molar refractivity (Wildman–Crippen MR) is 484 cm³/mol. The number of methoxy groups -OCH3 is 9. The van der Waals surface area contributed by atoms with Crippen molar-refractivity contribution < 1.29 is 85.6 Å². The fourth-order valence-corrected chi connectivity index (χ4v) is 17.2. The number of piperazine rings is 3. The molecule has 28 heteroatoms. The van der Waals surface area contributed by atoms with E-state index in [2.05, 4.69) is 60.3 Å². The van der Waals surface area contributed by atoms with Gasteiger partial charge in [0.15, 0.2) is 34.5 Å². The molecule has 0 unspecified atom stereocenters. The summed E-state index contributed by atoms with van der Waals surface area (Å²) in [6, 6.07) is 43.7. The SMILES string of the molecule is CN1CCNCC1.COc1cc2c(c(OC)c1OC)-c1ccc(OC(=O)c3cccc(CCl)c3)cc1[C@@H](NC(C)=O)CC2.COc1cc2c(c(OC)c1OC)-c1ccc(OC(=O)c3cccc(CN4CCN(C)CC4)c3)cc1[C@@H](NC(C)=O)CC2.COc1cc2c(c(OC)c1OC)-c1ccc(OC(=O)c3cccc(CN4CCNCC4)c3)cc1[C@@H](NC(C)=O)CC2. The third kappa shape index (κ3) is 22.8. The van der Waals surface area contributed by atoms with Gasteiger partial charge in [-0.05, 0) is 210 Å². The van der Waals surface area contributed by atoms with Crippen LogP contribution in [0.1, 0.15) is 139 Å². The lowest BCUT2D eigenvalue weighted by Crippen LogP contribution is -2.43. The standard InChI is InChI=1S/C33H39N3O6.C32H37N3O6.C28H28ClNO6.C5H12N2/c1-21(37)34-28-12-9-23-18-29(39-3)31(40-4)32(41-5)30(23)26-11-10-25(19-27(26)28)42-33(38)24-8-6-7-22(17-24)20-36-15-13-35(2)14-16-36;1-20(36)34-27-11-8-22-17-28(38-2)30(39-3)31(40-4)29(22)25-10-9-24(18-26(25)27)41-32(37)23-7-5-6-21(16-23)19-35-14-12-33-13-15-35;1-16(31)30-23-11-8-18-13-24(33-2)26(34-3)27(35-4)25(18)21-10-9-20(14-22(21)23)36-28(32)19-7-5-6-17(12-19)15-29;1-7-4-2-6-3-5-7/h6-8,10-11,17-19,28H,9,12-16,20H2,1-5H3,(H,34,37);5-7,9-10,16-18,27,33H,8,11-15,19H2,1-4H3,(H,34,36);5-7,9-10,12-14,23H,8,11,15H2,1-4H3,(H,30,31);6H,2-5H2,1H3/t28-;27-;23-;/m000./s1. The summed E-state index contributed by atoms with van der Waals surface area (Å²) in [5.74, 6) is 4.54. The second kappa shape index (κ2) is 44.3. The van der Waals surface area contributed by atoms with Gasteiger partial charge in [-0.3, -0.25) is 24.2 Å². The largest absolute Gasteiger partial charge is 0.493 e. The van der Waals surface area contributed by atoms with E-state index in [4.69, 9.17) is 68.4 Å². The average Bonchev–Trinajstić information content (AvgIpc) is 1.51. The Bertz CT molecular complexity index is 5380. The fourth-order valence-electron chi connectivity index (χ4n) is 17.1. The van der Waals surface area contributed by atoms with Crippen LogP contribution in [-0.2, 0) is 52.6 Å². The van der Waals surface area contributed by atoms with Crippen molar-refractivity contribution in [3.63, 3.8) is 0 Å². The first-order valence-corrected chi connectivity index (χ1v) is 43.0. The summed E-state index contributed by atoms with van der Waals surface area (Å²) in [6.45, 7) is 18.8. The van der Waals surface area contributed by atoms with E-state index in [0.29, 0.717) is 130 Å². The third-order valence-corrected chi connectivity index (χ3v) is 23.5. The summed E-state index contributed by atoms with van der Waals surface area (Å²) in [5, 5.41) is 15.8. The molecule has 3 atom stereocenters. The fraction of sp³-hybridized carbons (Fsp3) is 0.388. The Morgan fingerprint density at radius 2 is 0.659 bits per heavy atom. The number of carbonyl (C=O) groups is 6. The van der Waals surface area contributed by atoms with E-state index in [-0.39, 0.29) is 35.8 Å². The first kappa shape index (κ1) is 93.2. The van der Waals surface area contributed by atoms with Crippen molar-refractivity contribution in [3.05, 3.63) is 212 Å². The zero-order valence-corrected chi connectivity index (χ0v) is 75.2. The Balaban J connectivity index is 0.000000165. The molecule has 3 saturated heterocycles. The van der Waals surface area contributed by atoms with Crippen LogP contribution in [0.15, 0.2) is 146 Å². The molecule has 15 rings (SSSR count). The van der Waals surface area contributed by atoms with Gasteiger partial charge in [-0.2, -0.15) is 0 Å². The normalized spacial score (nSPS) is 16.5. The van der Waals surface area contributed by atoms with Crippen molar-refractivity contribution in [1.82, 2.24) is 46.2 Å². The molecular formula is C98H116ClN9O18. The van der Waals surface area contributed by atoms with Gasteiger partial charge in [0.25, 0.3) is 0 Å². The van der Waals surface area contributed by atoms with Gasteiger partial charge in [0.2, 0.25) is 35.0 Å². The van der Waals surface area contributed by atoms with Gasteiger partial charge in [0.1, 0.15) is 17.2 Å². The molecule has 3 fully saturated rings. The van der Waals surface area contributed by atoms with Gasteiger partial charge in [-0.15, -0.1) is 11.6 Å². The van der Waals surface area contributed by atoms with Gasteiger partial charge < -0.3 is 93.2 Å². The topological polar surface area (TPSA) is 286 Å². The van der Waals surface area contributed by atoms with E-state index < -0.39 is 17.9 Å². The maximum absolute atomic E-state index is 13.3.